The minimum atomic E-state index is -0.449. The molecule has 3 rings (SSSR count). The maximum absolute atomic E-state index is 12.2. The Hall–Kier alpha value is -2.09. The third-order valence-corrected chi connectivity index (χ3v) is 5.17. The largest absolute Gasteiger partial charge is 0.335 e. The van der Waals surface area contributed by atoms with E-state index in [-0.39, 0.29) is 11.9 Å². The summed E-state index contributed by atoms with van der Waals surface area (Å²) in [7, 11) is 0. The van der Waals surface area contributed by atoms with Gasteiger partial charge in [0, 0.05) is 12.2 Å². The van der Waals surface area contributed by atoms with E-state index in [9.17, 15) is 9.59 Å². The highest BCUT2D eigenvalue weighted by atomic mass is 32.2. The van der Waals surface area contributed by atoms with Gasteiger partial charge in [-0.1, -0.05) is 37.1 Å². The first-order chi connectivity index (χ1) is 11.6. The number of hydrogen-bond donors (Lipinski definition) is 2. The van der Waals surface area contributed by atoms with Gasteiger partial charge >= 0.3 is 6.03 Å². The zero-order valence-corrected chi connectivity index (χ0v) is 14.4. The summed E-state index contributed by atoms with van der Waals surface area (Å²) in [5.74, 6) is -0.332. The number of urea groups is 1. The summed E-state index contributed by atoms with van der Waals surface area (Å²) in [6.45, 7) is 1.75. The highest BCUT2D eigenvalue weighted by molar-refractivity contribution is 8.00. The minimum absolute atomic E-state index is 0.176. The average molecular weight is 347 g/mol. The second-order valence-electron chi connectivity index (χ2n) is 5.97. The first kappa shape index (κ1) is 16.8. The number of carbonyl (C=O) groups excluding carboxylic acids is 2. The van der Waals surface area contributed by atoms with Gasteiger partial charge in [0.05, 0.1) is 5.25 Å². The third-order valence-electron chi connectivity index (χ3n) is 4.11. The molecule has 24 heavy (non-hydrogen) atoms. The van der Waals surface area contributed by atoms with Crippen LogP contribution in [0, 0.1) is 0 Å². The summed E-state index contributed by atoms with van der Waals surface area (Å²) in [4.78, 5) is 24.2. The smallest absolute Gasteiger partial charge is 0.321 e. The quantitative estimate of drug-likeness (QED) is 0.829. The number of fused-ring (bicyclic) bond motifs is 1. The molecule has 0 spiro atoms. The van der Waals surface area contributed by atoms with Crippen LogP contribution in [-0.2, 0) is 4.79 Å². The second kappa shape index (κ2) is 7.65. The van der Waals surface area contributed by atoms with Crippen LogP contribution in [-0.4, -0.2) is 37.8 Å². The van der Waals surface area contributed by atoms with Crippen molar-refractivity contribution in [1.29, 1.82) is 0 Å². The molecule has 1 atom stereocenters. The molecule has 8 heteroatoms. The summed E-state index contributed by atoms with van der Waals surface area (Å²) in [5, 5.41) is 13.6. The summed E-state index contributed by atoms with van der Waals surface area (Å²) in [6.07, 6.45) is 7.29. The Kier molecular flexibility index (Phi) is 5.34. The van der Waals surface area contributed by atoms with Crippen LogP contribution in [0.15, 0.2) is 29.6 Å². The average Bonchev–Trinajstić information content (AvgIpc) is 2.99. The van der Waals surface area contributed by atoms with Gasteiger partial charge in [-0.3, -0.25) is 14.5 Å². The van der Waals surface area contributed by atoms with Crippen molar-refractivity contribution in [3.05, 3.63) is 24.4 Å². The number of imide groups is 1. The normalized spacial score (nSPS) is 16.7. The van der Waals surface area contributed by atoms with Crippen LogP contribution in [0.1, 0.15) is 39.0 Å². The molecular formula is C16H21N5O2S. The molecule has 1 aliphatic carbocycles. The molecule has 1 unspecified atom stereocenters. The van der Waals surface area contributed by atoms with E-state index < -0.39 is 11.3 Å². The van der Waals surface area contributed by atoms with Crippen LogP contribution in [0.5, 0.6) is 0 Å². The Morgan fingerprint density at radius 3 is 2.83 bits per heavy atom. The minimum Gasteiger partial charge on any atom is -0.335 e. The van der Waals surface area contributed by atoms with Gasteiger partial charge in [0.25, 0.3) is 0 Å². The first-order valence-electron chi connectivity index (χ1n) is 8.21. The van der Waals surface area contributed by atoms with E-state index in [4.69, 9.17) is 0 Å². The highest BCUT2D eigenvalue weighted by Crippen LogP contribution is 2.22. The summed E-state index contributed by atoms with van der Waals surface area (Å²) < 4.78 is 1.82. The van der Waals surface area contributed by atoms with E-state index in [1.165, 1.54) is 18.2 Å². The molecule has 0 aliphatic heterocycles. The molecule has 0 aromatic carbocycles. The Labute approximate surface area is 144 Å². The van der Waals surface area contributed by atoms with Gasteiger partial charge in [0.2, 0.25) is 5.91 Å². The lowest BCUT2D eigenvalue weighted by molar-refractivity contribution is -0.119. The van der Waals surface area contributed by atoms with Crippen LogP contribution in [0.3, 0.4) is 0 Å². The van der Waals surface area contributed by atoms with Crippen molar-refractivity contribution in [2.75, 3.05) is 0 Å². The van der Waals surface area contributed by atoms with E-state index in [2.05, 4.69) is 20.8 Å². The monoisotopic (exact) mass is 347 g/mol. The number of aromatic nitrogens is 3. The van der Waals surface area contributed by atoms with Crippen LogP contribution >= 0.6 is 11.8 Å². The Morgan fingerprint density at radius 2 is 2.04 bits per heavy atom. The number of carbonyl (C=O) groups is 2. The van der Waals surface area contributed by atoms with Crippen molar-refractivity contribution < 1.29 is 9.59 Å². The number of amides is 3. The van der Waals surface area contributed by atoms with Crippen molar-refractivity contribution in [2.45, 2.75) is 55.5 Å². The topological polar surface area (TPSA) is 88.4 Å². The van der Waals surface area contributed by atoms with Crippen molar-refractivity contribution in [2.24, 2.45) is 0 Å². The summed E-state index contributed by atoms with van der Waals surface area (Å²) in [6, 6.07) is 5.37. The van der Waals surface area contributed by atoms with Gasteiger partial charge in [0.1, 0.15) is 0 Å². The molecule has 2 aromatic heterocycles. The fourth-order valence-electron chi connectivity index (χ4n) is 2.79. The van der Waals surface area contributed by atoms with E-state index in [1.54, 1.807) is 6.92 Å². The van der Waals surface area contributed by atoms with Crippen molar-refractivity contribution >= 4 is 29.3 Å². The maximum Gasteiger partial charge on any atom is 0.321 e. The molecule has 2 aromatic rings. The molecule has 1 aliphatic rings. The van der Waals surface area contributed by atoms with Gasteiger partial charge in [-0.25, -0.2) is 4.79 Å². The zero-order valence-electron chi connectivity index (χ0n) is 13.6. The molecular weight excluding hydrogens is 326 g/mol. The van der Waals surface area contributed by atoms with Gasteiger partial charge in [0.15, 0.2) is 10.8 Å². The zero-order chi connectivity index (χ0) is 16.9. The molecule has 3 amide bonds. The van der Waals surface area contributed by atoms with E-state index >= 15 is 0 Å². The van der Waals surface area contributed by atoms with Gasteiger partial charge in [-0.05, 0) is 31.9 Å². The number of hydrogen-bond acceptors (Lipinski definition) is 5. The molecule has 1 fully saturated rings. The predicted molar refractivity (Wildman–Crippen MR) is 91.9 cm³/mol. The second-order valence-corrected chi connectivity index (χ2v) is 7.28. The fraction of sp³-hybridized carbons (Fsp3) is 0.500. The lowest BCUT2D eigenvalue weighted by Crippen LogP contribution is -2.47. The fourth-order valence-corrected chi connectivity index (χ4v) is 3.63. The number of nitrogens with zero attached hydrogens (tertiary/aromatic N) is 3. The molecule has 0 saturated heterocycles. The molecule has 7 nitrogen and oxygen atoms in total. The Bertz CT molecular complexity index is 726. The maximum atomic E-state index is 12.2. The lowest BCUT2D eigenvalue weighted by atomic mass is 9.96. The van der Waals surface area contributed by atoms with Crippen molar-refractivity contribution in [1.82, 2.24) is 25.2 Å². The highest BCUT2D eigenvalue weighted by Gasteiger charge is 2.21. The SMILES string of the molecule is CC(Sc1nnc2ccccn12)C(=O)NC(=O)NC1CCCCC1. The number of nitrogens with one attached hydrogen (secondary N) is 2. The summed E-state index contributed by atoms with van der Waals surface area (Å²) >= 11 is 1.27. The van der Waals surface area contributed by atoms with Crippen LogP contribution in [0.2, 0.25) is 0 Å². The first-order valence-corrected chi connectivity index (χ1v) is 9.09. The number of pyridine rings is 1. The molecule has 0 bridgehead atoms. The van der Waals surface area contributed by atoms with Gasteiger partial charge in [-0.2, -0.15) is 0 Å². The van der Waals surface area contributed by atoms with E-state index in [0.717, 1.165) is 31.3 Å². The lowest BCUT2D eigenvalue weighted by Gasteiger charge is -2.22. The van der Waals surface area contributed by atoms with Crippen LogP contribution in [0.4, 0.5) is 4.79 Å². The summed E-state index contributed by atoms with van der Waals surface area (Å²) in [5.41, 5.74) is 0.725. The van der Waals surface area contributed by atoms with Crippen molar-refractivity contribution in [3.8, 4) is 0 Å². The standard InChI is InChI=1S/C16H21N5O2S/c1-11(24-16-20-19-13-9-5-6-10-21(13)16)14(22)18-15(23)17-12-7-3-2-4-8-12/h5-6,9-12H,2-4,7-8H2,1H3,(H2,17,18,22,23). The van der Waals surface area contributed by atoms with Gasteiger partial charge < -0.3 is 5.32 Å². The molecule has 128 valence electrons. The Morgan fingerprint density at radius 1 is 1.25 bits per heavy atom. The van der Waals surface area contributed by atoms with E-state index in [1.807, 2.05) is 28.8 Å². The molecule has 2 heterocycles. The van der Waals surface area contributed by atoms with E-state index in [0.29, 0.717) is 5.16 Å². The number of rotatable bonds is 4. The number of thioether (sulfide) groups is 1. The third kappa shape index (κ3) is 4.05. The molecule has 2 N–H and O–H groups in total. The Balaban J connectivity index is 1.53. The van der Waals surface area contributed by atoms with Crippen LogP contribution in [0.25, 0.3) is 5.65 Å². The van der Waals surface area contributed by atoms with Crippen molar-refractivity contribution in [3.63, 3.8) is 0 Å². The van der Waals surface area contributed by atoms with Gasteiger partial charge in [-0.15, -0.1) is 10.2 Å². The molecule has 1 saturated carbocycles. The predicted octanol–water partition coefficient (Wildman–Crippen LogP) is 2.37. The molecule has 0 radical (unpaired) electrons. The van der Waals surface area contributed by atoms with Crippen LogP contribution < -0.4 is 10.6 Å².